The van der Waals surface area contributed by atoms with Crippen molar-refractivity contribution >= 4 is 0 Å². The molecule has 0 aromatic rings. The highest BCUT2D eigenvalue weighted by Crippen LogP contribution is 2.51. The zero-order valence-electron chi connectivity index (χ0n) is 6.98. The molecule has 0 aromatic carbocycles. The minimum absolute atomic E-state index is 0.674. The maximum absolute atomic E-state index is 3.86. The van der Waals surface area contributed by atoms with E-state index in [9.17, 15) is 0 Å². The number of allylic oxidation sites excluding steroid dienone is 7. The van der Waals surface area contributed by atoms with Crippen molar-refractivity contribution in [2.75, 3.05) is 0 Å². The van der Waals surface area contributed by atoms with Gasteiger partial charge in [-0.25, -0.2) is 0 Å². The standard InChI is InChI=1S/C12H12/c1-2-8-7-10-4-3-9-5-6-11(8)12(9)10/h2-7,9-12H,1H2/t9-,10+,11+,12-/m0/s1. The van der Waals surface area contributed by atoms with E-state index in [-0.39, 0.29) is 0 Å². The molecule has 0 saturated carbocycles. The Labute approximate surface area is 73.0 Å². The van der Waals surface area contributed by atoms with E-state index in [2.05, 4.69) is 37.0 Å². The molecule has 60 valence electrons. The first kappa shape index (κ1) is 6.47. The maximum atomic E-state index is 3.86. The van der Waals surface area contributed by atoms with Crippen molar-refractivity contribution in [1.29, 1.82) is 0 Å². The van der Waals surface area contributed by atoms with Gasteiger partial charge in [0.2, 0.25) is 0 Å². The van der Waals surface area contributed by atoms with Crippen LogP contribution in [0.2, 0.25) is 0 Å². The second kappa shape index (κ2) is 2.01. The van der Waals surface area contributed by atoms with Crippen molar-refractivity contribution in [3.8, 4) is 0 Å². The molecule has 12 heavy (non-hydrogen) atoms. The molecule has 0 unspecified atom stereocenters. The summed E-state index contributed by atoms with van der Waals surface area (Å²) in [7, 11) is 0. The van der Waals surface area contributed by atoms with E-state index >= 15 is 0 Å². The summed E-state index contributed by atoms with van der Waals surface area (Å²) in [5, 5.41) is 0. The molecule has 0 spiro atoms. The summed E-state index contributed by atoms with van der Waals surface area (Å²) in [5.41, 5.74) is 1.44. The summed E-state index contributed by atoms with van der Waals surface area (Å²) in [6, 6.07) is 0. The van der Waals surface area contributed by atoms with Crippen molar-refractivity contribution in [3.05, 3.63) is 48.6 Å². The SMILES string of the molecule is C=CC1=C[C@H]2C=C[C@H]3C=C[C@H]1[C@@H]32. The Bertz CT molecular complexity index is 317. The van der Waals surface area contributed by atoms with Gasteiger partial charge in [0.15, 0.2) is 0 Å². The lowest BCUT2D eigenvalue weighted by molar-refractivity contribution is 0.414. The molecule has 0 aliphatic heterocycles. The highest BCUT2D eigenvalue weighted by molar-refractivity contribution is 5.41. The van der Waals surface area contributed by atoms with Crippen molar-refractivity contribution in [1.82, 2.24) is 0 Å². The Kier molecular flexibility index (Phi) is 1.08. The first-order chi connectivity index (χ1) is 5.90. The summed E-state index contributed by atoms with van der Waals surface area (Å²) < 4.78 is 0. The maximum Gasteiger partial charge on any atom is 0.00605 e. The minimum Gasteiger partial charge on any atom is -0.0988 e. The second-order valence-electron chi connectivity index (χ2n) is 3.90. The third-order valence-electron chi connectivity index (χ3n) is 3.41. The third kappa shape index (κ3) is 0.592. The van der Waals surface area contributed by atoms with Gasteiger partial charge in [-0.2, -0.15) is 0 Å². The highest BCUT2D eigenvalue weighted by Gasteiger charge is 2.42. The molecular weight excluding hydrogens is 144 g/mol. The van der Waals surface area contributed by atoms with Gasteiger partial charge in [-0.1, -0.05) is 43.0 Å². The van der Waals surface area contributed by atoms with Gasteiger partial charge in [-0.05, 0) is 23.3 Å². The summed E-state index contributed by atoms with van der Waals surface area (Å²) in [4.78, 5) is 0. The smallest absolute Gasteiger partial charge is 0.00605 e. The molecular formula is C12H12. The molecule has 0 saturated heterocycles. The van der Waals surface area contributed by atoms with E-state index in [4.69, 9.17) is 0 Å². The van der Waals surface area contributed by atoms with Crippen LogP contribution in [0.3, 0.4) is 0 Å². The summed E-state index contributed by atoms with van der Waals surface area (Å²) in [5.74, 6) is 2.90. The van der Waals surface area contributed by atoms with E-state index in [1.165, 1.54) is 5.57 Å². The number of hydrogen-bond donors (Lipinski definition) is 0. The van der Waals surface area contributed by atoms with E-state index in [0.717, 1.165) is 5.92 Å². The van der Waals surface area contributed by atoms with E-state index < -0.39 is 0 Å². The lowest BCUT2D eigenvalue weighted by atomic mass is 9.87. The van der Waals surface area contributed by atoms with Gasteiger partial charge in [-0.15, -0.1) is 0 Å². The van der Waals surface area contributed by atoms with E-state index in [0.29, 0.717) is 17.8 Å². The Morgan fingerprint density at radius 3 is 2.67 bits per heavy atom. The van der Waals surface area contributed by atoms with Crippen molar-refractivity contribution in [3.63, 3.8) is 0 Å². The second-order valence-corrected chi connectivity index (χ2v) is 3.90. The first-order valence-corrected chi connectivity index (χ1v) is 4.61. The van der Waals surface area contributed by atoms with Crippen LogP contribution in [0, 0.1) is 23.7 Å². The lowest BCUT2D eigenvalue weighted by Crippen LogP contribution is -2.12. The fourth-order valence-electron chi connectivity index (χ4n) is 2.85. The predicted molar refractivity (Wildman–Crippen MR) is 50.5 cm³/mol. The Hall–Kier alpha value is -1.04. The topological polar surface area (TPSA) is 0 Å². The van der Waals surface area contributed by atoms with Gasteiger partial charge in [0.1, 0.15) is 0 Å². The van der Waals surface area contributed by atoms with Crippen molar-refractivity contribution in [2.24, 2.45) is 23.7 Å². The molecule has 0 nitrogen and oxygen atoms in total. The fourth-order valence-corrected chi connectivity index (χ4v) is 2.85. The minimum atomic E-state index is 0.674. The molecule has 0 heteroatoms. The van der Waals surface area contributed by atoms with Crippen LogP contribution >= 0.6 is 0 Å². The average Bonchev–Trinajstić information content (AvgIpc) is 2.72. The van der Waals surface area contributed by atoms with Crippen LogP contribution in [0.4, 0.5) is 0 Å². The number of hydrogen-bond acceptors (Lipinski definition) is 0. The molecule has 4 atom stereocenters. The van der Waals surface area contributed by atoms with Crippen LogP contribution < -0.4 is 0 Å². The van der Waals surface area contributed by atoms with Gasteiger partial charge in [0.25, 0.3) is 0 Å². The molecule has 0 aromatic heterocycles. The Balaban J connectivity index is 2.10. The summed E-state index contributed by atoms with van der Waals surface area (Å²) >= 11 is 0. The fraction of sp³-hybridized carbons (Fsp3) is 0.333. The molecule has 3 rings (SSSR count). The zero-order chi connectivity index (χ0) is 8.13. The lowest BCUT2D eigenvalue weighted by Gasteiger charge is -2.15. The van der Waals surface area contributed by atoms with Gasteiger partial charge < -0.3 is 0 Å². The van der Waals surface area contributed by atoms with E-state index in [1.807, 2.05) is 6.08 Å². The third-order valence-corrected chi connectivity index (χ3v) is 3.41. The van der Waals surface area contributed by atoms with Crippen LogP contribution in [0.15, 0.2) is 48.6 Å². The molecule has 0 N–H and O–H groups in total. The highest BCUT2D eigenvalue weighted by atomic mass is 14.5. The normalized spacial score (nSPS) is 46.5. The molecule has 0 amide bonds. The molecule has 3 aliphatic carbocycles. The van der Waals surface area contributed by atoms with Crippen LogP contribution in [-0.2, 0) is 0 Å². The number of rotatable bonds is 1. The molecule has 0 fully saturated rings. The quantitative estimate of drug-likeness (QED) is 0.512. The van der Waals surface area contributed by atoms with Crippen LogP contribution in [-0.4, -0.2) is 0 Å². The van der Waals surface area contributed by atoms with Gasteiger partial charge in [0.05, 0.1) is 0 Å². The van der Waals surface area contributed by atoms with Crippen LogP contribution in [0.1, 0.15) is 0 Å². The zero-order valence-corrected chi connectivity index (χ0v) is 6.98. The molecule has 0 radical (unpaired) electrons. The monoisotopic (exact) mass is 156 g/mol. The molecule has 0 bridgehead atoms. The molecule has 0 heterocycles. The van der Waals surface area contributed by atoms with Crippen LogP contribution in [0.25, 0.3) is 0 Å². The van der Waals surface area contributed by atoms with E-state index in [1.54, 1.807) is 0 Å². The Morgan fingerprint density at radius 2 is 1.83 bits per heavy atom. The predicted octanol–water partition coefficient (Wildman–Crippen LogP) is 2.72. The summed E-state index contributed by atoms with van der Waals surface area (Å²) in [6.45, 7) is 3.86. The van der Waals surface area contributed by atoms with Gasteiger partial charge in [-0.3, -0.25) is 0 Å². The average molecular weight is 156 g/mol. The Morgan fingerprint density at radius 1 is 1.08 bits per heavy atom. The van der Waals surface area contributed by atoms with Crippen LogP contribution in [0.5, 0.6) is 0 Å². The summed E-state index contributed by atoms with van der Waals surface area (Å²) in [6.07, 6.45) is 13.8. The van der Waals surface area contributed by atoms with Gasteiger partial charge in [0, 0.05) is 5.92 Å². The largest absolute Gasteiger partial charge is 0.0988 e. The van der Waals surface area contributed by atoms with Crippen molar-refractivity contribution < 1.29 is 0 Å². The van der Waals surface area contributed by atoms with Crippen molar-refractivity contribution in [2.45, 2.75) is 0 Å². The van der Waals surface area contributed by atoms with Gasteiger partial charge >= 0.3 is 0 Å². The first-order valence-electron chi connectivity index (χ1n) is 4.61. The molecule has 3 aliphatic rings.